The van der Waals surface area contributed by atoms with Crippen LogP contribution in [0.3, 0.4) is 0 Å². The fraction of sp³-hybridized carbons (Fsp3) is 0.333. The molecule has 0 fully saturated rings. The Balaban J connectivity index is 1.40. The summed E-state index contributed by atoms with van der Waals surface area (Å²) >= 11 is 2.59. The number of carbonyl (C=O) groups is 2. The van der Waals surface area contributed by atoms with E-state index in [1.165, 1.54) is 18.4 Å². The van der Waals surface area contributed by atoms with Gasteiger partial charge in [-0.3, -0.25) is 4.79 Å². The molecule has 0 saturated heterocycles. The van der Waals surface area contributed by atoms with Crippen LogP contribution < -0.4 is 10.1 Å². The first-order valence-corrected chi connectivity index (χ1v) is 11.5. The van der Waals surface area contributed by atoms with E-state index in [4.69, 9.17) is 13.9 Å². The highest BCUT2D eigenvalue weighted by Gasteiger charge is 2.27. The van der Waals surface area contributed by atoms with Crippen LogP contribution in [0.1, 0.15) is 33.6 Å². The van der Waals surface area contributed by atoms with Gasteiger partial charge in [0.1, 0.15) is 10.8 Å². The summed E-state index contributed by atoms with van der Waals surface area (Å²) in [5, 5.41) is 11.7. The minimum Gasteiger partial charge on any atom is -0.497 e. The zero-order valence-electron chi connectivity index (χ0n) is 17.1. The molecule has 10 heteroatoms. The summed E-state index contributed by atoms with van der Waals surface area (Å²) in [5.74, 6) is 0.509. The number of fused-ring (bicyclic) bond motifs is 1. The zero-order chi connectivity index (χ0) is 21.8. The average Bonchev–Trinajstić information content (AvgIpc) is 3.41. The van der Waals surface area contributed by atoms with Gasteiger partial charge >= 0.3 is 5.97 Å². The van der Waals surface area contributed by atoms with Gasteiger partial charge in [0.2, 0.25) is 11.8 Å². The SMILES string of the molecule is COC(=O)c1c(NC(=O)CSc2nnc(-c3ccc(OC)cc3)o2)sc2c1CCCC2. The molecule has 1 aromatic carbocycles. The van der Waals surface area contributed by atoms with Crippen molar-refractivity contribution in [2.24, 2.45) is 0 Å². The molecular formula is C21H21N3O5S2. The average molecular weight is 460 g/mol. The molecule has 2 heterocycles. The van der Waals surface area contributed by atoms with Crippen LogP contribution in [-0.2, 0) is 22.4 Å². The number of carbonyl (C=O) groups excluding carboxylic acids is 2. The minimum atomic E-state index is -0.414. The first-order chi connectivity index (χ1) is 15.1. The lowest BCUT2D eigenvalue weighted by atomic mass is 9.95. The summed E-state index contributed by atoms with van der Waals surface area (Å²) < 4.78 is 15.7. The summed E-state index contributed by atoms with van der Waals surface area (Å²) in [6.45, 7) is 0. The number of esters is 1. The lowest BCUT2D eigenvalue weighted by Gasteiger charge is -2.11. The highest BCUT2D eigenvalue weighted by atomic mass is 32.2. The predicted octanol–water partition coefficient (Wildman–Crippen LogP) is 4.20. The second-order valence-corrected chi connectivity index (χ2v) is 8.88. The number of amides is 1. The molecule has 8 nitrogen and oxygen atoms in total. The van der Waals surface area contributed by atoms with Crippen molar-refractivity contribution in [2.45, 2.75) is 30.9 Å². The Morgan fingerprint density at radius 3 is 2.68 bits per heavy atom. The van der Waals surface area contributed by atoms with Gasteiger partial charge in [-0.05, 0) is 55.5 Å². The monoisotopic (exact) mass is 459 g/mol. The first kappa shape index (κ1) is 21.4. The van der Waals surface area contributed by atoms with Gasteiger partial charge in [0.25, 0.3) is 5.22 Å². The molecule has 0 spiro atoms. The van der Waals surface area contributed by atoms with Gasteiger partial charge in [-0.1, -0.05) is 11.8 Å². The van der Waals surface area contributed by atoms with E-state index in [0.29, 0.717) is 21.7 Å². The molecule has 0 unspecified atom stereocenters. The molecule has 1 amide bonds. The zero-order valence-corrected chi connectivity index (χ0v) is 18.7. The molecule has 0 radical (unpaired) electrons. The molecule has 1 N–H and O–H groups in total. The van der Waals surface area contributed by atoms with E-state index < -0.39 is 5.97 Å². The van der Waals surface area contributed by atoms with Crippen LogP contribution in [0.15, 0.2) is 33.9 Å². The van der Waals surface area contributed by atoms with Crippen LogP contribution >= 0.6 is 23.1 Å². The number of ether oxygens (including phenoxy) is 2. The third-order valence-corrected chi connectivity index (χ3v) is 6.91. The minimum absolute atomic E-state index is 0.0768. The normalized spacial score (nSPS) is 12.8. The number of benzene rings is 1. The smallest absolute Gasteiger partial charge is 0.341 e. The number of methoxy groups -OCH3 is 2. The summed E-state index contributed by atoms with van der Waals surface area (Å²) in [5.41, 5.74) is 2.25. The maximum Gasteiger partial charge on any atom is 0.341 e. The van der Waals surface area contributed by atoms with Crippen molar-refractivity contribution in [3.8, 4) is 17.2 Å². The van der Waals surface area contributed by atoms with Gasteiger partial charge in [0.05, 0.1) is 25.5 Å². The van der Waals surface area contributed by atoms with E-state index in [1.54, 1.807) is 19.2 Å². The molecule has 1 aliphatic carbocycles. The largest absolute Gasteiger partial charge is 0.497 e. The van der Waals surface area contributed by atoms with Crippen molar-refractivity contribution < 1.29 is 23.5 Å². The topological polar surface area (TPSA) is 104 Å². The highest BCUT2D eigenvalue weighted by molar-refractivity contribution is 7.99. The fourth-order valence-electron chi connectivity index (χ4n) is 3.38. The molecule has 1 aliphatic rings. The van der Waals surface area contributed by atoms with Crippen LogP contribution in [0.5, 0.6) is 5.75 Å². The number of hydrogen-bond donors (Lipinski definition) is 1. The number of aryl methyl sites for hydroxylation is 1. The van der Waals surface area contributed by atoms with Crippen LogP contribution in [0.4, 0.5) is 5.00 Å². The summed E-state index contributed by atoms with van der Waals surface area (Å²) in [7, 11) is 2.95. The molecule has 31 heavy (non-hydrogen) atoms. The van der Waals surface area contributed by atoms with Gasteiger partial charge < -0.3 is 19.2 Å². The van der Waals surface area contributed by atoms with Gasteiger partial charge in [-0.15, -0.1) is 21.5 Å². The van der Waals surface area contributed by atoms with Crippen LogP contribution in [0, 0.1) is 0 Å². The molecular weight excluding hydrogens is 438 g/mol. The van der Waals surface area contributed by atoms with Gasteiger partial charge in [0.15, 0.2) is 0 Å². The van der Waals surface area contributed by atoms with E-state index in [9.17, 15) is 9.59 Å². The quantitative estimate of drug-likeness (QED) is 0.414. The molecule has 162 valence electrons. The second-order valence-electron chi connectivity index (χ2n) is 6.85. The van der Waals surface area contributed by atoms with Crippen LogP contribution in [-0.4, -0.2) is 42.0 Å². The number of aromatic nitrogens is 2. The molecule has 0 bridgehead atoms. The lowest BCUT2D eigenvalue weighted by molar-refractivity contribution is -0.113. The van der Waals surface area contributed by atoms with E-state index in [2.05, 4.69) is 15.5 Å². The maximum absolute atomic E-state index is 12.5. The Morgan fingerprint density at radius 1 is 1.16 bits per heavy atom. The van der Waals surface area contributed by atoms with Crippen molar-refractivity contribution >= 4 is 40.0 Å². The van der Waals surface area contributed by atoms with Crippen molar-refractivity contribution in [3.63, 3.8) is 0 Å². The van der Waals surface area contributed by atoms with Crippen molar-refractivity contribution in [1.82, 2.24) is 10.2 Å². The summed E-state index contributed by atoms with van der Waals surface area (Å²) in [6.07, 6.45) is 3.87. The molecule has 0 atom stereocenters. The number of hydrogen-bond acceptors (Lipinski definition) is 9. The van der Waals surface area contributed by atoms with E-state index >= 15 is 0 Å². The lowest BCUT2D eigenvalue weighted by Crippen LogP contribution is -2.16. The summed E-state index contributed by atoms with van der Waals surface area (Å²) in [4.78, 5) is 26.0. The van der Waals surface area contributed by atoms with E-state index in [0.717, 1.165) is 59.2 Å². The fourth-order valence-corrected chi connectivity index (χ4v) is 5.24. The molecule has 0 aliphatic heterocycles. The number of rotatable bonds is 7. The second kappa shape index (κ2) is 9.52. The van der Waals surface area contributed by atoms with Crippen molar-refractivity contribution in [1.29, 1.82) is 0 Å². The third kappa shape index (κ3) is 4.75. The Bertz CT molecular complexity index is 1090. The molecule has 2 aromatic heterocycles. The van der Waals surface area contributed by atoms with Crippen molar-refractivity contribution in [3.05, 3.63) is 40.3 Å². The van der Waals surface area contributed by atoms with E-state index in [-0.39, 0.29) is 11.7 Å². The first-order valence-electron chi connectivity index (χ1n) is 9.72. The van der Waals surface area contributed by atoms with E-state index in [1.807, 2.05) is 12.1 Å². The number of nitrogens with zero attached hydrogens (tertiary/aromatic N) is 2. The Labute approximate surface area is 187 Å². The van der Waals surface area contributed by atoms with Crippen LogP contribution in [0.25, 0.3) is 11.5 Å². The predicted molar refractivity (Wildman–Crippen MR) is 118 cm³/mol. The molecule has 3 aromatic rings. The van der Waals surface area contributed by atoms with Crippen LogP contribution in [0.2, 0.25) is 0 Å². The highest BCUT2D eigenvalue weighted by Crippen LogP contribution is 2.38. The summed E-state index contributed by atoms with van der Waals surface area (Å²) in [6, 6.07) is 7.25. The number of nitrogens with one attached hydrogen (secondary N) is 1. The molecule has 4 rings (SSSR count). The maximum atomic E-state index is 12.5. The molecule has 0 saturated carbocycles. The number of thioether (sulfide) groups is 1. The third-order valence-electron chi connectivity index (χ3n) is 4.88. The Kier molecular flexibility index (Phi) is 6.57. The van der Waals surface area contributed by atoms with Gasteiger partial charge in [-0.25, -0.2) is 4.79 Å². The van der Waals surface area contributed by atoms with Crippen molar-refractivity contribution in [2.75, 3.05) is 25.3 Å². The Hall–Kier alpha value is -2.85. The number of anilines is 1. The standard InChI is InChI=1S/C21H21N3O5S2/c1-27-13-9-7-12(8-10-13)18-23-24-21(29-18)30-11-16(25)22-19-17(20(26)28-2)14-5-3-4-6-15(14)31-19/h7-10H,3-6,11H2,1-2H3,(H,22,25). The van der Waals surface area contributed by atoms with Gasteiger partial charge in [-0.2, -0.15) is 0 Å². The Morgan fingerprint density at radius 2 is 1.94 bits per heavy atom. The number of thiophene rings is 1. The van der Waals surface area contributed by atoms with Gasteiger partial charge in [0, 0.05) is 10.4 Å².